The molecule has 7 heteroatoms. The minimum absolute atomic E-state index is 0.152. The molecule has 3 N–H and O–H groups in total. The van der Waals surface area contributed by atoms with E-state index in [0.717, 1.165) is 15.8 Å². The van der Waals surface area contributed by atoms with Gasteiger partial charge in [0.05, 0.1) is 18.3 Å². The summed E-state index contributed by atoms with van der Waals surface area (Å²) in [5, 5.41) is 4.49. The summed E-state index contributed by atoms with van der Waals surface area (Å²) in [5.74, 6) is -0.152. The van der Waals surface area contributed by atoms with Crippen molar-refractivity contribution in [1.82, 2.24) is 20.3 Å². The molecule has 0 aliphatic carbocycles. The molecule has 0 fully saturated rings. The molecule has 0 aliphatic heterocycles. The van der Waals surface area contributed by atoms with E-state index in [1.54, 1.807) is 12.1 Å². The summed E-state index contributed by atoms with van der Waals surface area (Å²) in [7, 11) is 0. The van der Waals surface area contributed by atoms with E-state index >= 15 is 0 Å². The molecule has 0 spiro atoms. The van der Waals surface area contributed by atoms with Crippen LogP contribution in [-0.4, -0.2) is 20.9 Å². The zero-order chi connectivity index (χ0) is 15.8. The van der Waals surface area contributed by atoms with E-state index in [2.05, 4.69) is 20.3 Å². The molecule has 3 heterocycles. The van der Waals surface area contributed by atoms with Gasteiger partial charge >= 0.3 is 0 Å². The zero-order valence-electron chi connectivity index (χ0n) is 11.9. The van der Waals surface area contributed by atoms with E-state index in [1.807, 2.05) is 24.4 Å². The van der Waals surface area contributed by atoms with Gasteiger partial charge in [-0.25, -0.2) is 4.98 Å². The monoisotopic (exact) mass is 324 g/mol. The Morgan fingerprint density at radius 2 is 2.13 bits per heavy atom. The number of rotatable bonds is 3. The molecule has 1 amide bonds. The van der Waals surface area contributed by atoms with Crippen molar-refractivity contribution in [3.63, 3.8) is 0 Å². The highest BCUT2D eigenvalue weighted by atomic mass is 32.1. The van der Waals surface area contributed by atoms with E-state index in [0.29, 0.717) is 22.3 Å². The molecule has 0 aliphatic rings. The SMILES string of the molecule is O=C(NCc1cc2c(=O)[nH]cnc2s1)c1ccc2cc[nH]c2c1. The van der Waals surface area contributed by atoms with Crippen molar-refractivity contribution in [3.8, 4) is 0 Å². The first kappa shape index (κ1) is 13.7. The van der Waals surface area contributed by atoms with E-state index in [-0.39, 0.29) is 11.5 Å². The molecule has 0 saturated heterocycles. The van der Waals surface area contributed by atoms with Crippen LogP contribution < -0.4 is 10.9 Å². The van der Waals surface area contributed by atoms with E-state index in [9.17, 15) is 9.59 Å². The third kappa shape index (κ3) is 2.51. The summed E-state index contributed by atoms with van der Waals surface area (Å²) < 4.78 is 0. The van der Waals surface area contributed by atoms with Crippen molar-refractivity contribution < 1.29 is 4.79 Å². The van der Waals surface area contributed by atoms with Crippen LogP contribution in [0, 0.1) is 0 Å². The van der Waals surface area contributed by atoms with E-state index in [1.165, 1.54) is 17.7 Å². The van der Waals surface area contributed by atoms with E-state index < -0.39 is 0 Å². The summed E-state index contributed by atoms with van der Waals surface area (Å²) >= 11 is 1.40. The Morgan fingerprint density at radius 1 is 1.22 bits per heavy atom. The maximum Gasteiger partial charge on any atom is 0.259 e. The highest BCUT2D eigenvalue weighted by Crippen LogP contribution is 2.20. The van der Waals surface area contributed by atoms with Gasteiger partial charge in [0.1, 0.15) is 4.83 Å². The summed E-state index contributed by atoms with van der Waals surface area (Å²) in [5.41, 5.74) is 1.35. The summed E-state index contributed by atoms with van der Waals surface area (Å²) in [6, 6.07) is 9.24. The predicted octanol–water partition coefficient (Wildman–Crippen LogP) is 2.40. The third-order valence-electron chi connectivity index (χ3n) is 3.63. The first-order valence-electron chi connectivity index (χ1n) is 7.02. The molecule has 0 bridgehead atoms. The van der Waals surface area contributed by atoms with Crippen molar-refractivity contribution in [2.45, 2.75) is 6.54 Å². The third-order valence-corrected chi connectivity index (χ3v) is 4.67. The lowest BCUT2D eigenvalue weighted by molar-refractivity contribution is 0.0951. The van der Waals surface area contributed by atoms with Crippen molar-refractivity contribution in [2.24, 2.45) is 0 Å². The van der Waals surface area contributed by atoms with Gasteiger partial charge in [-0.05, 0) is 29.7 Å². The van der Waals surface area contributed by atoms with Crippen molar-refractivity contribution in [2.75, 3.05) is 0 Å². The summed E-state index contributed by atoms with van der Waals surface area (Å²) in [6.07, 6.45) is 3.23. The molecule has 3 aromatic heterocycles. The molecule has 4 aromatic rings. The maximum absolute atomic E-state index is 12.3. The van der Waals surface area contributed by atoms with Crippen LogP contribution in [0.25, 0.3) is 21.1 Å². The number of fused-ring (bicyclic) bond motifs is 2. The average molecular weight is 324 g/mol. The Morgan fingerprint density at radius 3 is 3.00 bits per heavy atom. The second-order valence-electron chi connectivity index (χ2n) is 5.13. The average Bonchev–Trinajstić information content (AvgIpc) is 3.18. The number of nitrogens with zero attached hydrogens (tertiary/aromatic N) is 1. The van der Waals surface area contributed by atoms with Crippen LogP contribution in [0.2, 0.25) is 0 Å². The number of aromatic nitrogens is 3. The van der Waals surface area contributed by atoms with Crippen LogP contribution in [0.4, 0.5) is 0 Å². The molecular weight excluding hydrogens is 312 g/mol. The van der Waals surface area contributed by atoms with Crippen molar-refractivity contribution in [3.05, 3.63) is 63.7 Å². The largest absolute Gasteiger partial charge is 0.361 e. The first-order chi connectivity index (χ1) is 11.2. The number of thiophene rings is 1. The Kier molecular flexibility index (Phi) is 3.20. The summed E-state index contributed by atoms with van der Waals surface area (Å²) in [6.45, 7) is 0.363. The van der Waals surface area contributed by atoms with Crippen LogP contribution in [0.15, 0.2) is 47.7 Å². The lowest BCUT2D eigenvalue weighted by Crippen LogP contribution is -2.22. The van der Waals surface area contributed by atoms with Gasteiger partial charge in [0.2, 0.25) is 0 Å². The van der Waals surface area contributed by atoms with Gasteiger partial charge in [0.15, 0.2) is 0 Å². The molecule has 0 atom stereocenters. The molecule has 1 aromatic carbocycles. The molecule has 0 unspecified atom stereocenters. The van der Waals surface area contributed by atoms with Gasteiger partial charge in [0, 0.05) is 22.2 Å². The molecule has 114 valence electrons. The number of benzene rings is 1. The smallest absolute Gasteiger partial charge is 0.259 e. The normalized spacial score (nSPS) is 11.1. The van der Waals surface area contributed by atoms with Crippen LogP contribution in [-0.2, 0) is 6.54 Å². The first-order valence-corrected chi connectivity index (χ1v) is 7.84. The molecule has 0 saturated carbocycles. The van der Waals surface area contributed by atoms with Gasteiger partial charge < -0.3 is 15.3 Å². The number of hydrogen-bond acceptors (Lipinski definition) is 4. The number of carbonyl (C=O) groups is 1. The Labute approximate surface area is 134 Å². The van der Waals surface area contributed by atoms with Gasteiger partial charge in [-0.15, -0.1) is 11.3 Å². The minimum Gasteiger partial charge on any atom is -0.361 e. The second kappa shape index (κ2) is 5.36. The molecule has 0 radical (unpaired) electrons. The van der Waals surface area contributed by atoms with Gasteiger partial charge in [-0.3, -0.25) is 9.59 Å². The fraction of sp³-hybridized carbons (Fsp3) is 0.0625. The number of hydrogen-bond donors (Lipinski definition) is 3. The van der Waals surface area contributed by atoms with Gasteiger partial charge in [-0.1, -0.05) is 6.07 Å². The predicted molar refractivity (Wildman–Crippen MR) is 89.7 cm³/mol. The number of aromatic amines is 2. The minimum atomic E-state index is -0.166. The highest BCUT2D eigenvalue weighted by molar-refractivity contribution is 7.18. The van der Waals surface area contributed by atoms with Crippen molar-refractivity contribution >= 4 is 38.4 Å². The van der Waals surface area contributed by atoms with Crippen LogP contribution >= 0.6 is 11.3 Å². The lowest BCUT2D eigenvalue weighted by atomic mass is 10.1. The Hall–Kier alpha value is -2.93. The highest BCUT2D eigenvalue weighted by Gasteiger charge is 2.09. The number of amides is 1. The second-order valence-corrected chi connectivity index (χ2v) is 6.24. The van der Waals surface area contributed by atoms with Crippen LogP contribution in [0.1, 0.15) is 15.2 Å². The molecule has 6 nitrogen and oxygen atoms in total. The summed E-state index contributed by atoms with van der Waals surface area (Å²) in [4.78, 5) is 35.2. The van der Waals surface area contributed by atoms with Crippen molar-refractivity contribution in [1.29, 1.82) is 0 Å². The fourth-order valence-corrected chi connectivity index (χ4v) is 3.40. The van der Waals surface area contributed by atoms with Crippen LogP contribution in [0.3, 0.4) is 0 Å². The van der Waals surface area contributed by atoms with Crippen LogP contribution in [0.5, 0.6) is 0 Å². The number of H-pyrrole nitrogens is 2. The van der Waals surface area contributed by atoms with Gasteiger partial charge in [0.25, 0.3) is 11.5 Å². The molecular formula is C16H12N4O2S. The zero-order valence-corrected chi connectivity index (χ0v) is 12.7. The molecule has 4 rings (SSSR count). The lowest BCUT2D eigenvalue weighted by Gasteiger charge is -2.03. The fourth-order valence-electron chi connectivity index (χ4n) is 2.46. The van der Waals surface area contributed by atoms with E-state index in [4.69, 9.17) is 0 Å². The number of nitrogens with one attached hydrogen (secondary N) is 3. The Balaban J connectivity index is 1.53. The quantitative estimate of drug-likeness (QED) is 0.540. The molecule has 23 heavy (non-hydrogen) atoms. The Bertz CT molecular complexity index is 1080. The number of carbonyl (C=O) groups excluding carboxylic acids is 1. The maximum atomic E-state index is 12.3. The standard InChI is InChI=1S/C16H12N4O2S/c21-14(10-2-1-9-3-4-17-13(9)5-10)18-7-11-6-12-15(22)19-8-20-16(12)23-11/h1-6,8,17H,7H2,(H,18,21)(H,19,20,22). The van der Waals surface area contributed by atoms with Gasteiger partial charge in [-0.2, -0.15) is 0 Å². The topological polar surface area (TPSA) is 90.6 Å².